The van der Waals surface area contributed by atoms with Crippen LogP contribution in [0.3, 0.4) is 0 Å². The lowest BCUT2D eigenvalue weighted by atomic mass is 10.1. The van der Waals surface area contributed by atoms with Gasteiger partial charge in [0.25, 0.3) is 0 Å². The monoisotopic (exact) mass is 403 g/mol. The maximum Gasteiger partial charge on any atom is 0.354 e. The number of carboxylic acid groups (broad SMARTS) is 1. The van der Waals surface area contributed by atoms with E-state index in [0.717, 1.165) is 26.4 Å². The number of nitrogens with zero attached hydrogens (tertiary/aromatic N) is 2. The molecule has 2 heterocycles. The molecule has 29 heavy (non-hydrogen) atoms. The Bertz CT molecular complexity index is 1190. The first kappa shape index (κ1) is 18.8. The number of hydrogen-bond donors (Lipinski definition) is 2. The maximum absolute atomic E-state index is 12.3. The number of carboxylic acids is 1. The summed E-state index contributed by atoms with van der Waals surface area (Å²) in [6.07, 6.45) is 1.60. The highest BCUT2D eigenvalue weighted by Gasteiger charge is 2.11. The molecule has 4 aromatic rings. The van der Waals surface area contributed by atoms with E-state index in [4.69, 9.17) is 5.11 Å². The normalized spacial score (nSPS) is 10.8. The van der Waals surface area contributed by atoms with Gasteiger partial charge in [-0.1, -0.05) is 36.4 Å². The van der Waals surface area contributed by atoms with Crippen LogP contribution in [0.15, 0.2) is 66.9 Å². The fourth-order valence-corrected chi connectivity index (χ4v) is 3.97. The third-order valence-corrected chi connectivity index (χ3v) is 5.40. The molecular weight excluding hydrogens is 386 g/mol. The van der Waals surface area contributed by atoms with Gasteiger partial charge in [-0.05, 0) is 41.0 Å². The zero-order valence-electron chi connectivity index (χ0n) is 15.3. The van der Waals surface area contributed by atoms with Gasteiger partial charge in [0.2, 0.25) is 5.91 Å². The Morgan fingerprint density at radius 2 is 1.83 bits per heavy atom. The average molecular weight is 403 g/mol. The van der Waals surface area contributed by atoms with E-state index in [1.54, 1.807) is 6.07 Å². The molecule has 0 spiro atoms. The summed E-state index contributed by atoms with van der Waals surface area (Å²) in [6.45, 7) is 0.241. The van der Waals surface area contributed by atoms with E-state index < -0.39 is 5.97 Å². The molecule has 0 radical (unpaired) electrons. The van der Waals surface area contributed by atoms with Crippen molar-refractivity contribution in [2.75, 3.05) is 0 Å². The molecule has 0 atom stereocenters. The molecular formula is C22H17N3O3S. The van der Waals surface area contributed by atoms with Gasteiger partial charge in [-0.15, -0.1) is 11.3 Å². The second-order valence-electron chi connectivity index (χ2n) is 6.46. The summed E-state index contributed by atoms with van der Waals surface area (Å²) in [7, 11) is 0. The fourth-order valence-electron chi connectivity index (χ4n) is 2.96. The van der Waals surface area contributed by atoms with E-state index in [-0.39, 0.29) is 24.6 Å². The van der Waals surface area contributed by atoms with Crippen LogP contribution >= 0.6 is 11.3 Å². The Kier molecular flexibility index (Phi) is 5.31. The van der Waals surface area contributed by atoms with Crippen molar-refractivity contribution >= 4 is 33.4 Å². The van der Waals surface area contributed by atoms with Crippen LogP contribution in [0.25, 0.3) is 21.3 Å². The van der Waals surface area contributed by atoms with Gasteiger partial charge >= 0.3 is 5.97 Å². The summed E-state index contributed by atoms with van der Waals surface area (Å²) in [6, 6.07) is 19.3. The minimum absolute atomic E-state index is 0.0443. The van der Waals surface area contributed by atoms with Gasteiger partial charge < -0.3 is 10.4 Å². The Morgan fingerprint density at radius 1 is 1.00 bits per heavy atom. The van der Waals surface area contributed by atoms with Crippen molar-refractivity contribution in [2.24, 2.45) is 0 Å². The van der Waals surface area contributed by atoms with Gasteiger partial charge in [-0.2, -0.15) is 0 Å². The molecule has 0 aliphatic heterocycles. The van der Waals surface area contributed by atoms with Crippen molar-refractivity contribution in [1.29, 1.82) is 0 Å². The molecule has 144 valence electrons. The van der Waals surface area contributed by atoms with E-state index in [1.807, 2.05) is 30.3 Å². The van der Waals surface area contributed by atoms with Gasteiger partial charge in [0, 0.05) is 12.7 Å². The lowest BCUT2D eigenvalue weighted by molar-refractivity contribution is -0.120. The van der Waals surface area contributed by atoms with Crippen molar-refractivity contribution < 1.29 is 14.7 Å². The molecule has 0 saturated carbocycles. The van der Waals surface area contributed by atoms with Crippen LogP contribution in [0, 0.1) is 0 Å². The molecule has 0 aliphatic rings. The predicted octanol–water partition coefficient (Wildman–Crippen LogP) is 3.92. The second kappa shape index (κ2) is 8.20. The molecule has 2 N–H and O–H groups in total. The van der Waals surface area contributed by atoms with E-state index in [0.29, 0.717) is 5.56 Å². The van der Waals surface area contributed by atoms with Crippen LogP contribution in [0.5, 0.6) is 0 Å². The van der Waals surface area contributed by atoms with Crippen LogP contribution in [0.1, 0.15) is 21.1 Å². The molecule has 2 aromatic heterocycles. The maximum atomic E-state index is 12.3. The van der Waals surface area contributed by atoms with Crippen molar-refractivity contribution in [3.8, 4) is 11.1 Å². The third kappa shape index (κ3) is 4.47. The van der Waals surface area contributed by atoms with Crippen molar-refractivity contribution in [1.82, 2.24) is 15.3 Å². The number of nitrogens with one attached hydrogen (secondary N) is 1. The van der Waals surface area contributed by atoms with Gasteiger partial charge in [-0.25, -0.2) is 14.8 Å². The number of carbonyl (C=O) groups excluding carboxylic acids is 1. The summed E-state index contributed by atoms with van der Waals surface area (Å²) in [4.78, 5) is 31.6. The number of aromatic carboxylic acids is 1. The predicted molar refractivity (Wildman–Crippen MR) is 112 cm³/mol. The first-order valence-electron chi connectivity index (χ1n) is 8.98. The number of hydrogen-bond acceptors (Lipinski definition) is 5. The van der Waals surface area contributed by atoms with Crippen LogP contribution in [0.2, 0.25) is 0 Å². The number of pyridine rings is 1. The van der Waals surface area contributed by atoms with Crippen LogP contribution in [-0.4, -0.2) is 27.0 Å². The molecule has 0 aliphatic carbocycles. The largest absolute Gasteiger partial charge is 0.477 e. The molecule has 1 amide bonds. The molecule has 0 fully saturated rings. The highest BCUT2D eigenvalue weighted by molar-refractivity contribution is 7.18. The zero-order chi connectivity index (χ0) is 20.2. The van der Waals surface area contributed by atoms with Gasteiger partial charge in [0.05, 0.1) is 16.6 Å². The Hall–Kier alpha value is -3.58. The number of thiazole rings is 1. The van der Waals surface area contributed by atoms with Crippen molar-refractivity contribution in [3.63, 3.8) is 0 Å². The fraction of sp³-hybridized carbons (Fsp3) is 0.0909. The highest BCUT2D eigenvalue weighted by atomic mass is 32.1. The van der Waals surface area contributed by atoms with E-state index in [9.17, 15) is 9.59 Å². The van der Waals surface area contributed by atoms with Crippen molar-refractivity contribution in [3.05, 3.63) is 83.1 Å². The van der Waals surface area contributed by atoms with Gasteiger partial charge in [-0.3, -0.25) is 4.79 Å². The van der Waals surface area contributed by atoms with Gasteiger partial charge in [0.15, 0.2) is 0 Å². The summed E-state index contributed by atoms with van der Waals surface area (Å²) >= 11 is 1.50. The Labute approximate surface area is 170 Å². The van der Waals surface area contributed by atoms with E-state index >= 15 is 0 Å². The summed E-state index contributed by atoms with van der Waals surface area (Å²) in [5, 5.41) is 12.5. The molecule has 7 heteroatoms. The van der Waals surface area contributed by atoms with Gasteiger partial charge in [0.1, 0.15) is 10.7 Å². The summed E-state index contributed by atoms with van der Waals surface area (Å²) in [5.41, 5.74) is 3.77. The summed E-state index contributed by atoms with van der Waals surface area (Å²) in [5.74, 6) is -1.26. The number of aromatic nitrogens is 2. The first-order chi connectivity index (χ1) is 14.1. The lowest BCUT2D eigenvalue weighted by Gasteiger charge is -2.04. The van der Waals surface area contributed by atoms with Crippen LogP contribution < -0.4 is 5.32 Å². The standard InChI is InChI=1S/C22H17N3O3S/c26-20(24-13-14-8-9-23-18(10-14)22(27)28)12-21-25-17-7-6-16(11-19(17)29-21)15-4-2-1-3-5-15/h1-11H,12-13H2,(H,24,26)(H,27,28). The average Bonchev–Trinajstić information content (AvgIpc) is 3.14. The van der Waals surface area contributed by atoms with Crippen molar-refractivity contribution in [2.45, 2.75) is 13.0 Å². The third-order valence-electron chi connectivity index (χ3n) is 4.38. The Morgan fingerprint density at radius 3 is 2.62 bits per heavy atom. The molecule has 4 rings (SSSR count). The number of fused-ring (bicyclic) bond motifs is 1. The number of benzene rings is 2. The lowest BCUT2D eigenvalue weighted by Crippen LogP contribution is -2.24. The first-order valence-corrected chi connectivity index (χ1v) is 9.80. The van der Waals surface area contributed by atoms with E-state index in [1.165, 1.54) is 23.6 Å². The zero-order valence-corrected chi connectivity index (χ0v) is 16.1. The minimum Gasteiger partial charge on any atom is -0.477 e. The minimum atomic E-state index is -1.09. The Balaban J connectivity index is 1.43. The number of amides is 1. The number of rotatable bonds is 6. The smallest absolute Gasteiger partial charge is 0.354 e. The van der Waals surface area contributed by atoms with Crippen LogP contribution in [0.4, 0.5) is 0 Å². The summed E-state index contributed by atoms with van der Waals surface area (Å²) < 4.78 is 1.04. The highest BCUT2D eigenvalue weighted by Crippen LogP contribution is 2.28. The quantitative estimate of drug-likeness (QED) is 0.509. The topological polar surface area (TPSA) is 92.2 Å². The number of carbonyl (C=O) groups is 2. The SMILES string of the molecule is O=C(Cc1nc2ccc(-c3ccccc3)cc2s1)NCc1ccnc(C(=O)O)c1. The van der Waals surface area contributed by atoms with E-state index in [2.05, 4.69) is 33.5 Å². The second-order valence-corrected chi connectivity index (χ2v) is 7.58. The molecule has 0 unspecified atom stereocenters. The van der Waals surface area contributed by atoms with Crippen LogP contribution in [-0.2, 0) is 17.8 Å². The molecule has 0 bridgehead atoms. The molecule has 6 nitrogen and oxygen atoms in total. The molecule has 2 aromatic carbocycles. The molecule has 0 saturated heterocycles.